The maximum atomic E-state index is 11.8. The van der Waals surface area contributed by atoms with Gasteiger partial charge in [0.25, 0.3) is 0 Å². The highest BCUT2D eigenvalue weighted by Gasteiger charge is 2.24. The van der Waals surface area contributed by atoms with Gasteiger partial charge in [-0.3, -0.25) is 0 Å². The predicted octanol–water partition coefficient (Wildman–Crippen LogP) is 3.23. The Kier molecular flexibility index (Phi) is 7.84. The summed E-state index contributed by atoms with van der Waals surface area (Å²) in [6.07, 6.45) is -1.18. The maximum Gasteiger partial charge on any atom is 0.408 e. The predicted molar refractivity (Wildman–Crippen MR) is 104 cm³/mol. The fourth-order valence-corrected chi connectivity index (χ4v) is 2.17. The Labute approximate surface area is 165 Å². The Morgan fingerprint density at radius 1 is 0.893 bits per heavy atom. The second kappa shape index (κ2) is 9.43. The summed E-state index contributed by atoms with van der Waals surface area (Å²) in [4.78, 5) is 34.9. The first-order valence-electron chi connectivity index (χ1n) is 9.02. The molecular formula is C20H30N2O6. The molecule has 3 N–H and O–H groups in total. The summed E-state index contributed by atoms with van der Waals surface area (Å²) in [6, 6.07) is 5.94. The highest BCUT2D eigenvalue weighted by atomic mass is 16.6. The van der Waals surface area contributed by atoms with Gasteiger partial charge in [-0.25, -0.2) is 14.4 Å². The molecule has 156 valence electrons. The van der Waals surface area contributed by atoms with Crippen LogP contribution < -0.4 is 10.6 Å². The molecule has 28 heavy (non-hydrogen) atoms. The van der Waals surface area contributed by atoms with E-state index >= 15 is 0 Å². The average molecular weight is 394 g/mol. The molecule has 0 bridgehead atoms. The van der Waals surface area contributed by atoms with Crippen LogP contribution in [0.2, 0.25) is 0 Å². The number of nitrogens with one attached hydrogen (secondary N) is 2. The van der Waals surface area contributed by atoms with Gasteiger partial charge in [0.15, 0.2) is 0 Å². The molecule has 0 spiro atoms. The van der Waals surface area contributed by atoms with E-state index in [1.807, 2.05) is 0 Å². The zero-order valence-electron chi connectivity index (χ0n) is 17.3. The molecule has 0 saturated carbocycles. The number of ether oxygens (including phenoxy) is 2. The summed E-state index contributed by atoms with van der Waals surface area (Å²) in [7, 11) is 0. The second-order valence-electron chi connectivity index (χ2n) is 8.41. The number of carboxylic acid groups (broad SMARTS) is 1. The van der Waals surface area contributed by atoms with Gasteiger partial charge < -0.3 is 25.2 Å². The van der Waals surface area contributed by atoms with Crippen molar-refractivity contribution in [1.82, 2.24) is 10.6 Å². The van der Waals surface area contributed by atoms with Crippen LogP contribution in [-0.4, -0.2) is 40.5 Å². The lowest BCUT2D eigenvalue weighted by molar-refractivity contribution is -0.139. The Balaban J connectivity index is 2.62. The number of carbonyl (C=O) groups is 3. The van der Waals surface area contributed by atoms with E-state index in [0.29, 0.717) is 0 Å². The number of benzene rings is 1. The van der Waals surface area contributed by atoms with Gasteiger partial charge in [0.2, 0.25) is 0 Å². The molecule has 0 saturated heterocycles. The zero-order valence-corrected chi connectivity index (χ0v) is 17.3. The van der Waals surface area contributed by atoms with Crippen LogP contribution >= 0.6 is 0 Å². The zero-order chi connectivity index (χ0) is 21.5. The number of carboxylic acids is 1. The molecule has 1 aromatic carbocycles. The van der Waals surface area contributed by atoms with Crippen molar-refractivity contribution in [3.8, 4) is 0 Å². The van der Waals surface area contributed by atoms with Gasteiger partial charge in [-0.1, -0.05) is 24.3 Å². The molecule has 0 aliphatic rings. The van der Waals surface area contributed by atoms with Crippen LogP contribution in [-0.2, 0) is 27.2 Å². The molecule has 1 rings (SSSR count). The van der Waals surface area contributed by atoms with Crippen molar-refractivity contribution >= 4 is 18.2 Å². The maximum absolute atomic E-state index is 11.8. The number of hydrogen-bond donors (Lipinski definition) is 3. The van der Waals surface area contributed by atoms with E-state index < -0.39 is 35.4 Å². The van der Waals surface area contributed by atoms with E-state index in [0.717, 1.165) is 11.1 Å². The SMILES string of the molecule is CC(C)(C)OC(=O)NCc1ccc(CC(NC(=O)OC(C)(C)C)C(=O)O)cc1. The molecule has 0 aliphatic carbocycles. The third-order valence-corrected chi connectivity index (χ3v) is 3.29. The lowest BCUT2D eigenvalue weighted by Gasteiger charge is -2.22. The van der Waals surface area contributed by atoms with Crippen molar-refractivity contribution in [2.45, 2.75) is 71.8 Å². The van der Waals surface area contributed by atoms with Crippen LogP contribution in [0.15, 0.2) is 24.3 Å². The van der Waals surface area contributed by atoms with E-state index in [1.54, 1.807) is 65.8 Å². The quantitative estimate of drug-likeness (QED) is 0.682. The Morgan fingerprint density at radius 2 is 1.36 bits per heavy atom. The van der Waals surface area contributed by atoms with Crippen molar-refractivity contribution in [2.24, 2.45) is 0 Å². The highest BCUT2D eigenvalue weighted by Crippen LogP contribution is 2.11. The van der Waals surface area contributed by atoms with Crippen molar-refractivity contribution in [2.75, 3.05) is 0 Å². The largest absolute Gasteiger partial charge is 0.480 e. The molecule has 0 radical (unpaired) electrons. The van der Waals surface area contributed by atoms with Gasteiger partial charge >= 0.3 is 18.2 Å². The lowest BCUT2D eigenvalue weighted by atomic mass is 10.0. The van der Waals surface area contributed by atoms with E-state index in [1.165, 1.54) is 0 Å². The van der Waals surface area contributed by atoms with Crippen LogP contribution in [0.3, 0.4) is 0 Å². The fourth-order valence-electron chi connectivity index (χ4n) is 2.17. The number of carbonyl (C=O) groups excluding carboxylic acids is 2. The number of rotatable bonds is 6. The Hall–Kier alpha value is -2.77. The first-order valence-corrected chi connectivity index (χ1v) is 9.02. The third kappa shape index (κ3) is 9.80. The van der Waals surface area contributed by atoms with Crippen LogP contribution in [0.4, 0.5) is 9.59 Å². The number of aliphatic carboxylic acids is 1. The van der Waals surface area contributed by atoms with Crippen molar-refractivity contribution in [3.63, 3.8) is 0 Å². The van der Waals surface area contributed by atoms with Crippen LogP contribution in [0.5, 0.6) is 0 Å². The van der Waals surface area contributed by atoms with E-state index in [-0.39, 0.29) is 13.0 Å². The number of amides is 2. The molecule has 0 heterocycles. The number of hydrogen-bond acceptors (Lipinski definition) is 5. The standard InChI is InChI=1S/C20H30N2O6/c1-19(2,3)27-17(25)21-12-14-9-7-13(8-10-14)11-15(16(23)24)22-18(26)28-20(4,5)6/h7-10,15H,11-12H2,1-6H3,(H,21,25)(H,22,26)(H,23,24). The molecule has 2 amide bonds. The summed E-state index contributed by atoms with van der Waals surface area (Å²) in [5.41, 5.74) is 0.280. The third-order valence-electron chi connectivity index (χ3n) is 3.29. The highest BCUT2D eigenvalue weighted by molar-refractivity contribution is 5.80. The van der Waals surface area contributed by atoms with Gasteiger partial charge in [0, 0.05) is 13.0 Å². The van der Waals surface area contributed by atoms with Crippen molar-refractivity contribution < 1.29 is 29.0 Å². The Bertz CT molecular complexity index is 686. The minimum atomic E-state index is -1.15. The van der Waals surface area contributed by atoms with E-state index in [4.69, 9.17) is 9.47 Å². The van der Waals surface area contributed by atoms with E-state index in [2.05, 4.69) is 10.6 Å². The topological polar surface area (TPSA) is 114 Å². The minimum Gasteiger partial charge on any atom is -0.480 e. The molecule has 1 aromatic rings. The summed E-state index contributed by atoms with van der Waals surface area (Å²) >= 11 is 0. The van der Waals surface area contributed by atoms with Crippen LogP contribution in [0.1, 0.15) is 52.7 Å². The van der Waals surface area contributed by atoms with Gasteiger partial charge in [-0.15, -0.1) is 0 Å². The molecule has 8 nitrogen and oxygen atoms in total. The lowest BCUT2D eigenvalue weighted by Crippen LogP contribution is -2.44. The minimum absolute atomic E-state index is 0.106. The molecule has 1 unspecified atom stereocenters. The summed E-state index contributed by atoms with van der Waals surface area (Å²) in [5.74, 6) is -1.15. The summed E-state index contributed by atoms with van der Waals surface area (Å²) in [6.45, 7) is 10.7. The summed E-state index contributed by atoms with van der Waals surface area (Å²) in [5, 5.41) is 14.4. The van der Waals surface area contributed by atoms with Crippen LogP contribution in [0.25, 0.3) is 0 Å². The molecule has 1 atom stereocenters. The first kappa shape index (κ1) is 23.3. The molecule has 0 aromatic heterocycles. The summed E-state index contributed by atoms with van der Waals surface area (Å²) < 4.78 is 10.3. The smallest absolute Gasteiger partial charge is 0.408 e. The molecular weight excluding hydrogens is 364 g/mol. The molecule has 8 heteroatoms. The normalized spacial score (nSPS) is 12.6. The van der Waals surface area contributed by atoms with Gasteiger partial charge in [-0.2, -0.15) is 0 Å². The van der Waals surface area contributed by atoms with Gasteiger partial charge in [0.1, 0.15) is 17.2 Å². The van der Waals surface area contributed by atoms with Gasteiger partial charge in [-0.05, 0) is 52.7 Å². The van der Waals surface area contributed by atoms with Gasteiger partial charge in [0.05, 0.1) is 0 Å². The molecule has 0 fully saturated rings. The number of alkyl carbamates (subject to hydrolysis) is 2. The van der Waals surface area contributed by atoms with E-state index in [9.17, 15) is 19.5 Å². The first-order chi connectivity index (χ1) is 12.7. The van der Waals surface area contributed by atoms with Crippen molar-refractivity contribution in [1.29, 1.82) is 0 Å². The fraction of sp³-hybridized carbons (Fsp3) is 0.550. The van der Waals surface area contributed by atoms with Crippen LogP contribution in [0, 0.1) is 0 Å². The monoisotopic (exact) mass is 394 g/mol. The average Bonchev–Trinajstić information content (AvgIpc) is 2.50. The Morgan fingerprint density at radius 3 is 1.82 bits per heavy atom. The van der Waals surface area contributed by atoms with Crippen molar-refractivity contribution in [3.05, 3.63) is 35.4 Å². The second-order valence-corrected chi connectivity index (χ2v) is 8.41. The molecule has 0 aliphatic heterocycles.